The number of nitrogens with one attached hydrogen (secondary N) is 2. The van der Waals surface area contributed by atoms with Crippen molar-refractivity contribution in [1.29, 1.82) is 0 Å². The number of para-hydroxylation sites is 1. The smallest absolute Gasteiger partial charge is 0.254 e. The summed E-state index contributed by atoms with van der Waals surface area (Å²) in [5, 5.41) is 4.79. The van der Waals surface area contributed by atoms with Gasteiger partial charge in [0.25, 0.3) is 5.91 Å². The van der Waals surface area contributed by atoms with Gasteiger partial charge in [-0.1, -0.05) is 25.1 Å². The summed E-state index contributed by atoms with van der Waals surface area (Å²) in [5.41, 5.74) is 0.859. The minimum atomic E-state index is -1.73. The van der Waals surface area contributed by atoms with Crippen LogP contribution < -0.4 is 10.6 Å². The van der Waals surface area contributed by atoms with Crippen LogP contribution in [0, 0.1) is 17.5 Å². The lowest BCUT2D eigenvalue weighted by Gasteiger charge is -2.10. The number of carbonyl (C=O) groups is 2. The maximum atomic E-state index is 13.5. The first-order valence-corrected chi connectivity index (χ1v) is 7.23. The molecular weight excluding hydrogens is 321 g/mol. The average Bonchev–Trinajstić information content (AvgIpc) is 2.58. The Bertz CT molecular complexity index is 778. The lowest BCUT2D eigenvalue weighted by atomic mass is 10.1. The fourth-order valence-electron chi connectivity index (χ4n) is 2.10. The molecule has 2 rings (SSSR count). The standard InChI is InChI=1S/C17H15F3N2O2/c1-2-10-5-3-4-6-13(10)22-14(23)9-21-17(24)11-7-8-12(18)16(20)15(11)19/h3-8H,2,9H2,1H3,(H,21,24)(H,22,23). The molecule has 0 heterocycles. The van der Waals surface area contributed by atoms with Crippen LogP contribution in [0.25, 0.3) is 0 Å². The highest BCUT2D eigenvalue weighted by Gasteiger charge is 2.19. The van der Waals surface area contributed by atoms with Crippen LogP contribution in [0.5, 0.6) is 0 Å². The Morgan fingerprint density at radius 2 is 1.71 bits per heavy atom. The Morgan fingerprint density at radius 3 is 2.42 bits per heavy atom. The molecule has 0 aliphatic carbocycles. The van der Waals surface area contributed by atoms with Crippen molar-refractivity contribution in [2.24, 2.45) is 0 Å². The van der Waals surface area contributed by atoms with Crippen LogP contribution >= 0.6 is 0 Å². The van der Waals surface area contributed by atoms with Crippen molar-refractivity contribution in [3.05, 3.63) is 65.0 Å². The molecule has 0 unspecified atom stereocenters. The van der Waals surface area contributed by atoms with E-state index in [1.807, 2.05) is 19.1 Å². The monoisotopic (exact) mass is 336 g/mol. The Balaban J connectivity index is 1.99. The van der Waals surface area contributed by atoms with E-state index in [2.05, 4.69) is 10.6 Å². The third kappa shape index (κ3) is 3.92. The molecule has 2 aromatic rings. The molecule has 4 nitrogen and oxygen atoms in total. The highest BCUT2D eigenvalue weighted by molar-refractivity contribution is 5.99. The summed E-state index contributed by atoms with van der Waals surface area (Å²) < 4.78 is 39.5. The number of aryl methyl sites for hydroxylation is 1. The van der Waals surface area contributed by atoms with Crippen LogP contribution in [0.4, 0.5) is 18.9 Å². The summed E-state index contributed by atoms with van der Waals surface area (Å²) in [5.74, 6) is -6.25. The SMILES string of the molecule is CCc1ccccc1NC(=O)CNC(=O)c1ccc(F)c(F)c1F. The summed E-state index contributed by atoms with van der Waals surface area (Å²) in [4.78, 5) is 23.7. The van der Waals surface area contributed by atoms with Gasteiger partial charge in [-0.25, -0.2) is 13.2 Å². The van der Waals surface area contributed by atoms with Crippen molar-refractivity contribution >= 4 is 17.5 Å². The average molecular weight is 336 g/mol. The third-order valence-electron chi connectivity index (χ3n) is 3.36. The molecule has 24 heavy (non-hydrogen) atoms. The summed E-state index contributed by atoms with van der Waals surface area (Å²) in [6.45, 7) is 1.49. The number of halogens is 3. The summed E-state index contributed by atoms with van der Waals surface area (Å²) >= 11 is 0. The highest BCUT2D eigenvalue weighted by atomic mass is 19.2. The van der Waals surface area contributed by atoms with Crippen molar-refractivity contribution < 1.29 is 22.8 Å². The van der Waals surface area contributed by atoms with Crippen molar-refractivity contribution in [3.8, 4) is 0 Å². The maximum Gasteiger partial charge on any atom is 0.254 e. The number of anilines is 1. The van der Waals surface area contributed by atoms with Gasteiger partial charge in [0.2, 0.25) is 5.91 Å². The van der Waals surface area contributed by atoms with Gasteiger partial charge in [0.05, 0.1) is 12.1 Å². The zero-order valence-electron chi connectivity index (χ0n) is 12.8. The molecule has 0 bridgehead atoms. The first kappa shape index (κ1) is 17.5. The van der Waals surface area contributed by atoms with E-state index in [1.165, 1.54) is 0 Å². The second kappa shape index (κ2) is 7.63. The predicted molar refractivity (Wildman–Crippen MR) is 83.1 cm³/mol. The molecule has 0 aromatic heterocycles. The molecule has 0 fully saturated rings. The number of hydrogen-bond donors (Lipinski definition) is 2. The quantitative estimate of drug-likeness (QED) is 0.825. The van der Waals surface area contributed by atoms with Crippen LogP contribution in [0.3, 0.4) is 0 Å². The molecule has 0 radical (unpaired) electrons. The Labute approximate surface area is 136 Å². The van der Waals surface area contributed by atoms with E-state index in [-0.39, 0.29) is 0 Å². The molecule has 0 aliphatic rings. The van der Waals surface area contributed by atoms with E-state index < -0.39 is 41.4 Å². The van der Waals surface area contributed by atoms with Gasteiger partial charge in [0.15, 0.2) is 17.5 Å². The lowest BCUT2D eigenvalue weighted by molar-refractivity contribution is -0.115. The van der Waals surface area contributed by atoms with Gasteiger partial charge in [0.1, 0.15) is 0 Å². The van der Waals surface area contributed by atoms with E-state index in [0.717, 1.165) is 11.6 Å². The Kier molecular flexibility index (Phi) is 5.57. The van der Waals surface area contributed by atoms with E-state index in [0.29, 0.717) is 18.2 Å². The summed E-state index contributed by atoms with van der Waals surface area (Å²) in [6, 6.07) is 8.61. The van der Waals surface area contributed by atoms with E-state index in [1.54, 1.807) is 12.1 Å². The molecule has 0 atom stereocenters. The van der Waals surface area contributed by atoms with Gasteiger partial charge in [-0.2, -0.15) is 0 Å². The van der Waals surface area contributed by atoms with Crippen molar-refractivity contribution in [2.75, 3.05) is 11.9 Å². The van der Waals surface area contributed by atoms with Crippen LogP contribution in [-0.4, -0.2) is 18.4 Å². The normalized spacial score (nSPS) is 10.3. The van der Waals surface area contributed by atoms with Crippen LogP contribution in [-0.2, 0) is 11.2 Å². The third-order valence-corrected chi connectivity index (χ3v) is 3.36. The Morgan fingerprint density at radius 1 is 1.00 bits per heavy atom. The minimum Gasteiger partial charge on any atom is -0.343 e. The predicted octanol–water partition coefficient (Wildman–Crippen LogP) is 3.03. The second-order valence-corrected chi connectivity index (χ2v) is 4.96. The number of carbonyl (C=O) groups excluding carboxylic acids is 2. The van der Waals surface area contributed by atoms with Gasteiger partial charge in [-0.05, 0) is 30.2 Å². The molecule has 2 N–H and O–H groups in total. The summed E-state index contributed by atoms with van der Waals surface area (Å²) in [7, 11) is 0. The van der Waals surface area contributed by atoms with Crippen molar-refractivity contribution in [2.45, 2.75) is 13.3 Å². The number of rotatable bonds is 5. The molecule has 2 amide bonds. The zero-order valence-corrected chi connectivity index (χ0v) is 12.8. The van der Waals surface area contributed by atoms with Gasteiger partial charge < -0.3 is 10.6 Å². The van der Waals surface area contributed by atoms with Gasteiger partial charge >= 0.3 is 0 Å². The molecule has 0 saturated heterocycles. The van der Waals surface area contributed by atoms with Gasteiger partial charge in [-0.3, -0.25) is 9.59 Å². The molecule has 0 aliphatic heterocycles. The molecular formula is C17H15F3N2O2. The fourth-order valence-corrected chi connectivity index (χ4v) is 2.10. The number of hydrogen-bond acceptors (Lipinski definition) is 2. The lowest BCUT2D eigenvalue weighted by Crippen LogP contribution is -2.33. The second-order valence-electron chi connectivity index (χ2n) is 4.96. The van der Waals surface area contributed by atoms with Gasteiger partial charge in [-0.15, -0.1) is 0 Å². The molecule has 0 saturated carbocycles. The molecule has 2 aromatic carbocycles. The fraction of sp³-hybridized carbons (Fsp3) is 0.176. The minimum absolute atomic E-state index is 0.435. The maximum absolute atomic E-state index is 13.5. The van der Waals surface area contributed by atoms with Crippen molar-refractivity contribution in [1.82, 2.24) is 5.32 Å². The molecule has 126 valence electrons. The first-order chi connectivity index (χ1) is 11.4. The van der Waals surface area contributed by atoms with Crippen molar-refractivity contribution in [3.63, 3.8) is 0 Å². The number of benzene rings is 2. The van der Waals surface area contributed by atoms with Gasteiger partial charge in [0, 0.05) is 5.69 Å². The van der Waals surface area contributed by atoms with Crippen LogP contribution in [0.15, 0.2) is 36.4 Å². The van der Waals surface area contributed by atoms with E-state index in [9.17, 15) is 22.8 Å². The highest BCUT2D eigenvalue weighted by Crippen LogP contribution is 2.16. The van der Waals surface area contributed by atoms with Crippen LogP contribution in [0.1, 0.15) is 22.8 Å². The summed E-state index contributed by atoms with van der Waals surface area (Å²) in [6.07, 6.45) is 0.711. The Hall–Kier alpha value is -2.83. The molecule has 0 spiro atoms. The topological polar surface area (TPSA) is 58.2 Å². The zero-order chi connectivity index (χ0) is 17.7. The molecule has 7 heteroatoms. The largest absolute Gasteiger partial charge is 0.343 e. The van der Waals surface area contributed by atoms with Crippen LogP contribution in [0.2, 0.25) is 0 Å². The van der Waals surface area contributed by atoms with E-state index in [4.69, 9.17) is 0 Å². The van der Waals surface area contributed by atoms with E-state index >= 15 is 0 Å². The number of amides is 2. The first-order valence-electron chi connectivity index (χ1n) is 7.23.